The third-order valence-corrected chi connectivity index (χ3v) is 2.22. The fourth-order valence-corrected chi connectivity index (χ4v) is 1.26. The normalized spacial score (nSPS) is 9.80. The average Bonchev–Trinajstić information content (AvgIpc) is 2.18. The summed E-state index contributed by atoms with van der Waals surface area (Å²) in [6.07, 6.45) is 0. The molecule has 15 heavy (non-hydrogen) atoms. The Balaban J connectivity index is 2.73. The van der Waals surface area contributed by atoms with Gasteiger partial charge < -0.3 is 15.5 Å². The number of nitrogens with zero attached hydrogens (tertiary/aromatic N) is 2. The van der Waals surface area contributed by atoms with Gasteiger partial charge in [-0.05, 0) is 12.1 Å². The van der Waals surface area contributed by atoms with Crippen molar-refractivity contribution < 1.29 is 4.79 Å². The van der Waals surface area contributed by atoms with Crippen LogP contribution in [0, 0.1) is 0 Å². The van der Waals surface area contributed by atoms with E-state index in [1.807, 2.05) is 36.2 Å². The Labute approximate surface area is 90.3 Å². The summed E-state index contributed by atoms with van der Waals surface area (Å²) in [5.41, 5.74) is 7.38. The molecule has 82 valence electrons. The van der Waals surface area contributed by atoms with Crippen molar-refractivity contribution in [3.63, 3.8) is 0 Å². The van der Waals surface area contributed by atoms with E-state index < -0.39 is 0 Å². The summed E-state index contributed by atoms with van der Waals surface area (Å²) in [7, 11) is 5.34. The van der Waals surface area contributed by atoms with Gasteiger partial charge in [0.05, 0.1) is 17.9 Å². The molecule has 0 bridgehead atoms. The van der Waals surface area contributed by atoms with E-state index in [0.717, 1.165) is 5.69 Å². The van der Waals surface area contributed by atoms with E-state index in [9.17, 15) is 4.79 Å². The molecule has 0 radical (unpaired) electrons. The van der Waals surface area contributed by atoms with E-state index >= 15 is 0 Å². The molecule has 2 N–H and O–H groups in total. The van der Waals surface area contributed by atoms with Crippen LogP contribution in [0.4, 0.5) is 11.4 Å². The fraction of sp³-hybridized carbons (Fsp3) is 0.364. The topological polar surface area (TPSA) is 49.6 Å². The van der Waals surface area contributed by atoms with E-state index in [4.69, 9.17) is 5.73 Å². The number of amides is 1. The number of hydrogen-bond donors (Lipinski definition) is 1. The summed E-state index contributed by atoms with van der Waals surface area (Å²) in [6, 6.07) is 7.51. The molecule has 0 aromatic heterocycles. The van der Waals surface area contributed by atoms with Crippen LogP contribution in [0.3, 0.4) is 0 Å². The van der Waals surface area contributed by atoms with Crippen molar-refractivity contribution in [2.75, 3.05) is 38.3 Å². The lowest BCUT2D eigenvalue weighted by atomic mass is 10.2. The molecule has 1 rings (SSSR count). The van der Waals surface area contributed by atoms with Gasteiger partial charge in [0, 0.05) is 21.1 Å². The summed E-state index contributed by atoms with van der Waals surface area (Å²) in [6.45, 7) is 0.335. The number of nitrogen functional groups attached to an aromatic ring is 1. The van der Waals surface area contributed by atoms with Gasteiger partial charge in [-0.2, -0.15) is 0 Å². The van der Waals surface area contributed by atoms with Gasteiger partial charge in [-0.3, -0.25) is 4.79 Å². The zero-order valence-corrected chi connectivity index (χ0v) is 9.40. The predicted octanol–water partition coefficient (Wildman–Crippen LogP) is 0.793. The van der Waals surface area contributed by atoms with Gasteiger partial charge in [-0.1, -0.05) is 12.1 Å². The second-order valence-corrected chi connectivity index (χ2v) is 3.70. The summed E-state index contributed by atoms with van der Waals surface area (Å²) in [5, 5.41) is 0. The molecule has 4 nitrogen and oxygen atoms in total. The molecule has 0 unspecified atom stereocenters. The third kappa shape index (κ3) is 2.87. The highest BCUT2D eigenvalue weighted by Crippen LogP contribution is 2.20. The lowest BCUT2D eigenvalue weighted by Gasteiger charge is -2.22. The summed E-state index contributed by atoms with van der Waals surface area (Å²) in [5.74, 6) is 0.0563. The van der Waals surface area contributed by atoms with Gasteiger partial charge in [0.2, 0.25) is 5.91 Å². The maximum Gasteiger partial charge on any atom is 0.241 e. The third-order valence-electron chi connectivity index (χ3n) is 2.22. The van der Waals surface area contributed by atoms with Gasteiger partial charge in [-0.15, -0.1) is 0 Å². The summed E-state index contributed by atoms with van der Waals surface area (Å²) in [4.78, 5) is 14.9. The van der Waals surface area contributed by atoms with Crippen LogP contribution < -0.4 is 10.6 Å². The minimum absolute atomic E-state index is 0.0563. The first kappa shape index (κ1) is 11.4. The second kappa shape index (κ2) is 4.68. The largest absolute Gasteiger partial charge is 0.397 e. The van der Waals surface area contributed by atoms with Crippen LogP contribution >= 0.6 is 0 Å². The van der Waals surface area contributed by atoms with Crippen LogP contribution in [0.2, 0.25) is 0 Å². The Morgan fingerprint density at radius 3 is 2.40 bits per heavy atom. The SMILES string of the molecule is CN(C)C(=O)CN(C)c1ccccc1N. The minimum Gasteiger partial charge on any atom is -0.397 e. The Morgan fingerprint density at radius 2 is 1.87 bits per heavy atom. The van der Waals surface area contributed by atoms with E-state index in [0.29, 0.717) is 12.2 Å². The van der Waals surface area contributed by atoms with Crippen molar-refractivity contribution in [3.05, 3.63) is 24.3 Å². The van der Waals surface area contributed by atoms with E-state index in [2.05, 4.69) is 0 Å². The standard InChI is InChI=1S/C11H17N3O/c1-13(2)11(15)8-14(3)10-7-5-4-6-9(10)12/h4-7H,8,12H2,1-3H3. The lowest BCUT2D eigenvalue weighted by Crippen LogP contribution is -2.34. The van der Waals surface area contributed by atoms with E-state index in [1.165, 1.54) is 0 Å². The summed E-state index contributed by atoms with van der Waals surface area (Å²) < 4.78 is 0. The first-order chi connectivity index (χ1) is 7.02. The molecule has 0 atom stereocenters. The number of carbonyl (C=O) groups is 1. The molecule has 0 saturated heterocycles. The zero-order chi connectivity index (χ0) is 11.4. The van der Waals surface area contributed by atoms with Crippen LogP contribution in [-0.2, 0) is 4.79 Å². The van der Waals surface area contributed by atoms with Crippen molar-refractivity contribution in [2.24, 2.45) is 0 Å². The van der Waals surface area contributed by atoms with Gasteiger partial charge in [0.1, 0.15) is 0 Å². The number of rotatable bonds is 3. The Bertz CT molecular complexity index is 349. The number of benzene rings is 1. The maximum absolute atomic E-state index is 11.5. The second-order valence-electron chi connectivity index (χ2n) is 3.70. The summed E-state index contributed by atoms with van der Waals surface area (Å²) >= 11 is 0. The number of carbonyl (C=O) groups excluding carboxylic acids is 1. The Morgan fingerprint density at radius 1 is 1.27 bits per heavy atom. The van der Waals surface area contributed by atoms with Crippen LogP contribution in [0.25, 0.3) is 0 Å². The van der Waals surface area contributed by atoms with Gasteiger partial charge in [-0.25, -0.2) is 0 Å². The first-order valence-electron chi connectivity index (χ1n) is 4.78. The molecule has 1 aromatic rings. The molecule has 0 saturated carbocycles. The molecule has 0 spiro atoms. The highest BCUT2D eigenvalue weighted by Gasteiger charge is 2.10. The van der Waals surface area contributed by atoms with Crippen LogP contribution in [-0.4, -0.2) is 38.5 Å². The Kier molecular flexibility index (Phi) is 3.55. The molecule has 4 heteroatoms. The molecule has 0 aliphatic rings. The number of nitrogens with two attached hydrogens (primary N) is 1. The molecule has 0 aliphatic heterocycles. The smallest absolute Gasteiger partial charge is 0.241 e. The number of hydrogen-bond acceptors (Lipinski definition) is 3. The maximum atomic E-state index is 11.5. The van der Waals surface area contributed by atoms with Crippen LogP contribution in [0.1, 0.15) is 0 Å². The lowest BCUT2D eigenvalue weighted by molar-refractivity contribution is -0.127. The number of likely N-dealkylation sites (N-methyl/N-ethyl adjacent to an activating group) is 2. The highest BCUT2D eigenvalue weighted by atomic mass is 16.2. The quantitative estimate of drug-likeness (QED) is 0.746. The first-order valence-corrected chi connectivity index (χ1v) is 4.78. The Hall–Kier alpha value is -1.71. The van der Waals surface area contributed by atoms with Gasteiger partial charge in [0.25, 0.3) is 0 Å². The fourth-order valence-electron chi connectivity index (χ4n) is 1.26. The molecular weight excluding hydrogens is 190 g/mol. The van der Waals surface area contributed by atoms with Crippen molar-refractivity contribution >= 4 is 17.3 Å². The van der Waals surface area contributed by atoms with Gasteiger partial charge in [0.15, 0.2) is 0 Å². The molecule has 0 heterocycles. The average molecular weight is 207 g/mol. The highest BCUT2D eigenvalue weighted by molar-refractivity contribution is 5.82. The number of para-hydroxylation sites is 2. The van der Waals surface area contributed by atoms with Crippen LogP contribution in [0.15, 0.2) is 24.3 Å². The monoisotopic (exact) mass is 207 g/mol. The molecular formula is C11H17N3O. The minimum atomic E-state index is 0.0563. The van der Waals surface area contributed by atoms with Crippen molar-refractivity contribution in [2.45, 2.75) is 0 Å². The van der Waals surface area contributed by atoms with Gasteiger partial charge >= 0.3 is 0 Å². The van der Waals surface area contributed by atoms with Crippen molar-refractivity contribution in [1.29, 1.82) is 0 Å². The van der Waals surface area contributed by atoms with Crippen molar-refractivity contribution in [3.8, 4) is 0 Å². The number of anilines is 2. The van der Waals surface area contributed by atoms with Crippen molar-refractivity contribution in [1.82, 2.24) is 4.90 Å². The molecule has 0 fully saturated rings. The molecule has 1 amide bonds. The van der Waals surface area contributed by atoms with Crippen LogP contribution in [0.5, 0.6) is 0 Å². The van der Waals surface area contributed by atoms with E-state index in [1.54, 1.807) is 19.0 Å². The van der Waals surface area contributed by atoms with E-state index in [-0.39, 0.29) is 5.91 Å². The predicted molar refractivity (Wildman–Crippen MR) is 62.8 cm³/mol. The molecule has 0 aliphatic carbocycles. The zero-order valence-electron chi connectivity index (χ0n) is 9.40. The molecule has 1 aromatic carbocycles.